The van der Waals surface area contributed by atoms with Crippen molar-refractivity contribution in [2.24, 2.45) is 5.41 Å². The Hall–Kier alpha value is -0.910. The molecule has 1 aliphatic rings. The van der Waals surface area contributed by atoms with E-state index in [1.165, 1.54) is 0 Å². The summed E-state index contributed by atoms with van der Waals surface area (Å²) in [6, 6.07) is 8.04. The largest absolute Gasteiger partial charge is 0.384 e. The van der Waals surface area contributed by atoms with Crippen molar-refractivity contribution in [3.63, 3.8) is 0 Å². The number of amides is 1. The van der Waals surface area contributed by atoms with E-state index in [-0.39, 0.29) is 11.9 Å². The standard InChI is InChI=1S/C16H23BrN2O2/c1-12(13-3-5-14(17)6-4-13)19-15(20)16(11-21-2)7-9-18-10-8-16/h3-6,12,18H,7-11H2,1-2H3,(H,19,20)/t12-/m0/s1. The summed E-state index contributed by atoms with van der Waals surface area (Å²) in [5, 5.41) is 6.45. The molecule has 1 heterocycles. The van der Waals surface area contributed by atoms with Gasteiger partial charge in [-0.1, -0.05) is 28.1 Å². The maximum Gasteiger partial charge on any atom is 0.229 e. The van der Waals surface area contributed by atoms with Gasteiger partial charge in [0.1, 0.15) is 0 Å². The molecule has 4 nitrogen and oxygen atoms in total. The van der Waals surface area contributed by atoms with Crippen LogP contribution in [0.5, 0.6) is 0 Å². The molecule has 0 aliphatic carbocycles. The molecule has 0 spiro atoms. The summed E-state index contributed by atoms with van der Waals surface area (Å²) in [4.78, 5) is 12.7. The smallest absolute Gasteiger partial charge is 0.229 e. The summed E-state index contributed by atoms with van der Waals surface area (Å²) in [5.41, 5.74) is 0.705. The van der Waals surface area contributed by atoms with Gasteiger partial charge in [0, 0.05) is 11.6 Å². The third kappa shape index (κ3) is 4.05. The molecule has 2 rings (SSSR count). The molecule has 0 unspecified atom stereocenters. The molecule has 2 N–H and O–H groups in total. The highest BCUT2D eigenvalue weighted by atomic mass is 79.9. The van der Waals surface area contributed by atoms with E-state index < -0.39 is 5.41 Å². The lowest BCUT2D eigenvalue weighted by atomic mass is 9.78. The van der Waals surface area contributed by atoms with Crippen LogP contribution < -0.4 is 10.6 Å². The minimum Gasteiger partial charge on any atom is -0.384 e. The average molecular weight is 355 g/mol. The number of benzene rings is 1. The van der Waals surface area contributed by atoms with Crippen LogP contribution in [0.4, 0.5) is 0 Å². The highest BCUT2D eigenvalue weighted by Crippen LogP contribution is 2.30. The van der Waals surface area contributed by atoms with E-state index in [1.807, 2.05) is 31.2 Å². The van der Waals surface area contributed by atoms with E-state index in [2.05, 4.69) is 26.6 Å². The first-order valence-electron chi connectivity index (χ1n) is 7.33. The molecule has 0 saturated carbocycles. The first-order valence-corrected chi connectivity index (χ1v) is 8.13. The SMILES string of the molecule is COCC1(C(=O)N[C@@H](C)c2ccc(Br)cc2)CCNCC1. The van der Waals surface area contributed by atoms with Gasteiger partial charge in [-0.15, -0.1) is 0 Å². The molecule has 0 bridgehead atoms. The predicted octanol–water partition coefficient (Wildman–Crippen LogP) is 2.64. The van der Waals surface area contributed by atoms with Gasteiger partial charge < -0.3 is 15.4 Å². The zero-order valence-corrected chi connectivity index (χ0v) is 14.2. The molecular formula is C16H23BrN2O2. The Morgan fingerprint density at radius 3 is 2.57 bits per heavy atom. The van der Waals surface area contributed by atoms with Crippen LogP contribution in [0, 0.1) is 5.41 Å². The maximum absolute atomic E-state index is 12.7. The second kappa shape index (κ2) is 7.38. The third-order valence-corrected chi connectivity index (χ3v) is 4.71. The summed E-state index contributed by atoms with van der Waals surface area (Å²) in [6.45, 7) is 4.23. The lowest BCUT2D eigenvalue weighted by Gasteiger charge is -2.36. The van der Waals surface area contributed by atoms with Crippen molar-refractivity contribution in [2.45, 2.75) is 25.8 Å². The van der Waals surface area contributed by atoms with Crippen molar-refractivity contribution < 1.29 is 9.53 Å². The topological polar surface area (TPSA) is 50.4 Å². The minimum absolute atomic E-state index is 0.00535. The zero-order valence-electron chi connectivity index (χ0n) is 12.6. The van der Waals surface area contributed by atoms with E-state index >= 15 is 0 Å². The van der Waals surface area contributed by atoms with Crippen LogP contribution in [0.25, 0.3) is 0 Å². The Kier molecular flexibility index (Phi) is 5.79. The number of ether oxygens (including phenoxy) is 1. The first-order chi connectivity index (χ1) is 10.1. The van der Waals surface area contributed by atoms with E-state index in [0.29, 0.717) is 6.61 Å². The van der Waals surface area contributed by atoms with Crippen LogP contribution in [0.1, 0.15) is 31.4 Å². The van der Waals surface area contributed by atoms with Gasteiger partial charge in [0.15, 0.2) is 0 Å². The molecule has 21 heavy (non-hydrogen) atoms. The average Bonchev–Trinajstić information content (AvgIpc) is 2.49. The molecular weight excluding hydrogens is 332 g/mol. The van der Waals surface area contributed by atoms with E-state index in [1.54, 1.807) is 7.11 Å². The van der Waals surface area contributed by atoms with Gasteiger partial charge in [-0.05, 0) is 50.6 Å². The van der Waals surface area contributed by atoms with Gasteiger partial charge in [0.05, 0.1) is 18.1 Å². The lowest BCUT2D eigenvalue weighted by Crippen LogP contribution is -2.50. The number of carbonyl (C=O) groups excluding carboxylic acids is 1. The van der Waals surface area contributed by atoms with Crippen LogP contribution >= 0.6 is 15.9 Å². The third-order valence-electron chi connectivity index (χ3n) is 4.18. The van der Waals surface area contributed by atoms with E-state index in [0.717, 1.165) is 36.0 Å². The Labute approximate surface area is 134 Å². The van der Waals surface area contributed by atoms with Crippen molar-refractivity contribution in [3.8, 4) is 0 Å². The number of halogens is 1. The number of piperidine rings is 1. The quantitative estimate of drug-likeness (QED) is 0.854. The summed E-state index contributed by atoms with van der Waals surface area (Å²) in [7, 11) is 1.66. The number of hydrogen-bond acceptors (Lipinski definition) is 3. The van der Waals surface area contributed by atoms with Crippen LogP contribution in [0.3, 0.4) is 0 Å². The molecule has 0 aromatic heterocycles. The van der Waals surface area contributed by atoms with Crippen LogP contribution in [0.2, 0.25) is 0 Å². The molecule has 116 valence electrons. The Morgan fingerprint density at radius 2 is 2.00 bits per heavy atom. The number of carbonyl (C=O) groups is 1. The lowest BCUT2D eigenvalue weighted by molar-refractivity contribution is -0.136. The van der Waals surface area contributed by atoms with Crippen molar-refractivity contribution in [1.82, 2.24) is 10.6 Å². The summed E-state index contributed by atoms with van der Waals surface area (Å²) >= 11 is 3.43. The highest BCUT2D eigenvalue weighted by molar-refractivity contribution is 9.10. The van der Waals surface area contributed by atoms with E-state index in [4.69, 9.17) is 4.74 Å². The normalized spacial score (nSPS) is 19.0. The fourth-order valence-corrected chi connectivity index (χ4v) is 3.07. The maximum atomic E-state index is 12.7. The van der Waals surface area contributed by atoms with Crippen molar-refractivity contribution in [2.75, 3.05) is 26.8 Å². The fraction of sp³-hybridized carbons (Fsp3) is 0.562. The molecule has 1 amide bonds. The molecule has 5 heteroatoms. The Morgan fingerprint density at radius 1 is 1.38 bits per heavy atom. The molecule has 1 aromatic rings. The Bertz CT molecular complexity index is 464. The number of methoxy groups -OCH3 is 1. The molecule has 0 radical (unpaired) electrons. The molecule has 1 aliphatic heterocycles. The fourth-order valence-electron chi connectivity index (χ4n) is 2.80. The minimum atomic E-state index is -0.399. The molecule has 1 fully saturated rings. The number of nitrogens with one attached hydrogen (secondary N) is 2. The van der Waals surface area contributed by atoms with Crippen LogP contribution in [0.15, 0.2) is 28.7 Å². The molecule has 1 saturated heterocycles. The number of hydrogen-bond donors (Lipinski definition) is 2. The van der Waals surface area contributed by atoms with E-state index in [9.17, 15) is 4.79 Å². The predicted molar refractivity (Wildman–Crippen MR) is 87.1 cm³/mol. The van der Waals surface area contributed by atoms with Gasteiger partial charge in [0.25, 0.3) is 0 Å². The van der Waals surface area contributed by atoms with Crippen molar-refractivity contribution >= 4 is 21.8 Å². The Balaban J connectivity index is 2.05. The summed E-state index contributed by atoms with van der Waals surface area (Å²) in [6.07, 6.45) is 1.64. The highest BCUT2D eigenvalue weighted by Gasteiger charge is 2.40. The summed E-state index contributed by atoms with van der Waals surface area (Å²) < 4.78 is 6.35. The molecule has 1 atom stereocenters. The second-order valence-electron chi connectivity index (χ2n) is 5.71. The zero-order chi connectivity index (χ0) is 15.3. The van der Waals surface area contributed by atoms with Crippen LogP contribution in [-0.2, 0) is 9.53 Å². The molecule has 1 aromatic carbocycles. The van der Waals surface area contributed by atoms with Crippen molar-refractivity contribution in [3.05, 3.63) is 34.3 Å². The number of rotatable bonds is 5. The van der Waals surface area contributed by atoms with Crippen LogP contribution in [-0.4, -0.2) is 32.7 Å². The second-order valence-corrected chi connectivity index (χ2v) is 6.63. The van der Waals surface area contributed by atoms with Gasteiger partial charge in [0.2, 0.25) is 5.91 Å². The van der Waals surface area contributed by atoms with Gasteiger partial charge in [-0.25, -0.2) is 0 Å². The van der Waals surface area contributed by atoms with Gasteiger partial charge >= 0.3 is 0 Å². The monoisotopic (exact) mass is 354 g/mol. The van der Waals surface area contributed by atoms with Gasteiger partial charge in [-0.3, -0.25) is 4.79 Å². The first kappa shape index (κ1) is 16.5. The van der Waals surface area contributed by atoms with Crippen molar-refractivity contribution in [1.29, 1.82) is 0 Å². The summed E-state index contributed by atoms with van der Waals surface area (Å²) in [5.74, 6) is 0.0984. The van der Waals surface area contributed by atoms with Gasteiger partial charge in [-0.2, -0.15) is 0 Å².